The molecule has 0 unspecified atom stereocenters. The van der Waals surface area contributed by atoms with Crippen molar-refractivity contribution in [1.82, 2.24) is 0 Å². The van der Waals surface area contributed by atoms with E-state index >= 15 is 0 Å². The Morgan fingerprint density at radius 3 is 2.26 bits per heavy atom. The van der Waals surface area contributed by atoms with Crippen molar-refractivity contribution >= 4 is 27.5 Å². The average Bonchev–Trinajstić information content (AvgIpc) is 2.66. The van der Waals surface area contributed by atoms with E-state index in [0.29, 0.717) is 13.0 Å². The van der Waals surface area contributed by atoms with Crippen LogP contribution in [0.5, 0.6) is 0 Å². The molecule has 0 fully saturated rings. The second-order valence-electron chi connectivity index (χ2n) is 8.07. The largest absolute Gasteiger partial charge is 0.466 e. The van der Waals surface area contributed by atoms with Crippen molar-refractivity contribution in [3.05, 3.63) is 60.2 Å². The van der Waals surface area contributed by atoms with Crippen molar-refractivity contribution in [3.63, 3.8) is 0 Å². The molecule has 3 rings (SSSR count). The Labute approximate surface area is 162 Å². The van der Waals surface area contributed by atoms with Gasteiger partial charge < -0.3 is 4.74 Å². The van der Waals surface area contributed by atoms with Gasteiger partial charge in [0.25, 0.3) is 0 Å². The SMILES string of the molecule is CCCCOC(=O)CCCC(C)(C)c1ccc2cc3ccccc3cc2c1. The molecule has 2 nitrogen and oxygen atoms in total. The lowest BCUT2D eigenvalue weighted by molar-refractivity contribution is -0.143. The van der Waals surface area contributed by atoms with Crippen LogP contribution < -0.4 is 0 Å². The van der Waals surface area contributed by atoms with Gasteiger partial charge in [-0.25, -0.2) is 0 Å². The van der Waals surface area contributed by atoms with Crippen molar-refractivity contribution < 1.29 is 9.53 Å². The highest BCUT2D eigenvalue weighted by atomic mass is 16.5. The number of fused-ring (bicyclic) bond motifs is 2. The van der Waals surface area contributed by atoms with Gasteiger partial charge in [-0.2, -0.15) is 0 Å². The van der Waals surface area contributed by atoms with E-state index in [2.05, 4.69) is 75.4 Å². The second-order valence-corrected chi connectivity index (χ2v) is 8.07. The molecule has 0 spiro atoms. The van der Waals surface area contributed by atoms with Crippen LogP contribution in [-0.4, -0.2) is 12.6 Å². The van der Waals surface area contributed by atoms with E-state index < -0.39 is 0 Å². The van der Waals surface area contributed by atoms with Crippen LogP contribution in [0, 0.1) is 0 Å². The lowest BCUT2D eigenvalue weighted by atomic mass is 9.79. The summed E-state index contributed by atoms with van der Waals surface area (Å²) in [5, 5.41) is 5.10. The summed E-state index contributed by atoms with van der Waals surface area (Å²) < 4.78 is 5.26. The molecule has 0 aromatic heterocycles. The zero-order valence-corrected chi connectivity index (χ0v) is 16.8. The zero-order valence-electron chi connectivity index (χ0n) is 16.8. The molecule has 0 bridgehead atoms. The van der Waals surface area contributed by atoms with Gasteiger partial charge in [0.2, 0.25) is 0 Å². The van der Waals surface area contributed by atoms with Crippen molar-refractivity contribution in [1.29, 1.82) is 0 Å². The molecule has 0 aliphatic carbocycles. The number of hydrogen-bond acceptors (Lipinski definition) is 2. The van der Waals surface area contributed by atoms with E-state index in [4.69, 9.17) is 4.74 Å². The molecule has 0 N–H and O–H groups in total. The quantitative estimate of drug-likeness (QED) is 0.251. The average molecular weight is 363 g/mol. The zero-order chi connectivity index (χ0) is 19.3. The molecule has 27 heavy (non-hydrogen) atoms. The minimum atomic E-state index is -0.0655. The smallest absolute Gasteiger partial charge is 0.305 e. The number of unbranched alkanes of at least 4 members (excludes halogenated alkanes) is 1. The summed E-state index contributed by atoms with van der Waals surface area (Å²) in [6.07, 6.45) is 4.33. The maximum Gasteiger partial charge on any atom is 0.305 e. The number of carbonyl (C=O) groups excluding carboxylic acids is 1. The molecule has 0 radical (unpaired) electrons. The van der Waals surface area contributed by atoms with E-state index in [1.807, 2.05) is 0 Å². The summed E-state index contributed by atoms with van der Waals surface area (Å²) in [6.45, 7) is 7.18. The normalized spacial score (nSPS) is 11.8. The van der Waals surface area contributed by atoms with E-state index in [-0.39, 0.29) is 11.4 Å². The minimum absolute atomic E-state index is 0.0313. The molecule has 3 aromatic rings. The maximum absolute atomic E-state index is 11.8. The Morgan fingerprint density at radius 1 is 0.889 bits per heavy atom. The fraction of sp³-hybridized carbons (Fsp3) is 0.400. The topological polar surface area (TPSA) is 26.3 Å². The first-order chi connectivity index (χ1) is 13.0. The predicted octanol–water partition coefficient (Wildman–Crippen LogP) is 6.78. The molecule has 142 valence electrons. The Bertz CT molecular complexity index is 924. The minimum Gasteiger partial charge on any atom is -0.466 e. The van der Waals surface area contributed by atoms with Gasteiger partial charge >= 0.3 is 5.97 Å². The first kappa shape index (κ1) is 19.4. The van der Waals surface area contributed by atoms with E-state index in [1.54, 1.807) is 0 Å². The summed E-state index contributed by atoms with van der Waals surface area (Å²) in [5.74, 6) is -0.0655. The van der Waals surface area contributed by atoms with Crippen LogP contribution in [0.25, 0.3) is 21.5 Å². The third-order valence-corrected chi connectivity index (χ3v) is 5.43. The fourth-order valence-corrected chi connectivity index (χ4v) is 3.58. The lowest BCUT2D eigenvalue weighted by Crippen LogP contribution is -2.18. The van der Waals surface area contributed by atoms with Crippen LogP contribution in [0.15, 0.2) is 54.6 Å². The van der Waals surface area contributed by atoms with Crippen LogP contribution in [0.1, 0.15) is 58.4 Å². The molecular weight excluding hydrogens is 332 g/mol. The van der Waals surface area contributed by atoms with Crippen molar-refractivity contribution in [2.45, 2.75) is 58.3 Å². The maximum atomic E-state index is 11.8. The number of hydrogen-bond donors (Lipinski definition) is 0. The van der Waals surface area contributed by atoms with Crippen molar-refractivity contribution in [2.75, 3.05) is 6.61 Å². The predicted molar refractivity (Wildman–Crippen MR) is 114 cm³/mol. The lowest BCUT2D eigenvalue weighted by Gasteiger charge is -2.25. The third-order valence-electron chi connectivity index (χ3n) is 5.43. The second kappa shape index (κ2) is 8.56. The van der Waals surface area contributed by atoms with E-state index in [0.717, 1.165) is 25.7 Å². The summed E-state index contributed by atoms with van der Waals surface area (Å²) in [5.41, 5.74) is 1.36. The molecule has 3 aromatic carbocycles. The standard InChI is InChI=1S/C25H30O2/c1-4-5-15-27-24(26)11-8-14-25(2,3)23-13-12-21-16-19-9-6-7-10-20(19)17-22(21)18-23/h6-7,9-10,12-13,16-18H,4-5,8,11,14-15H2,1-3H3. The van der Waals surface area contributed by atoms with Gasteiger partial charge in [-0.15, -0.1) is 0 Å². The fourth-order valence-electron chi connectivity index (χ4n) is 3.58. The highest BCUT2D eigenvalue weighted by molar-refractivity contribution is 5.98. The van der Waals surface area contributed by atoms with Crippen LogP contribution in [0.2, 0.25) is 0 Å². The number of benzene rings is 3. The van der Waals surface area contributed by atoms with Gasteiger partial charge in [0, 0.05) is 6.42 Å². The van der Waals surface area contributed by atoms with Crippen LogP contribution in [0.3, 0.4) is 0 Å². The van der Waals surface area contributed by atoms with Crippen molar-refractivity contribution in [2.24, 2.45) is 0 Å². The number of esters is 1. The molecule has 0 amide bonds. The molecule has 0 aliphatic heterocycles. The molecule has 0 atom stereocenters. The number of carbonyl (C=O) groups is 1. The van der Waals surface area contributed by atoms with Gasteiger partial charge in [0.05, 0.1) is 6.61 Å². The molecule has 0 heterocycles. The summed E-state index contributed by atoms with van der Waals surface area (Å²) in [4.78, 5) is 11.8. The van der Waals surface area contributed by atoms with Gasteiger partial charge in [-0.1, -0.05) is 69.7 Å². The Balaban J connectivity index is 1.69. The molecule has 0 saturated heterocycles. The van der Waals surface area contributed by atoms with Gasteiger partial charge in [0.1, 0.15) is 0 Å². The summed E-state index contributed by atoms with van der Waals surface area (Å²) in [6, 6.07) is 19.8. The molecule has 0 aliphatic rings. The van der Waals surface area contributed by atoms with Gasteiger partial charge in [-0.05, 0) is 63.9 Å². The first-order valence-corrected chi connectivity index (χ1v) is 10.1. The molecular formula is C25H30O2. The van der Waals surface area contributed by atoms with E-state index in [9.17, 15) is 4.79 Å². The monoisotopic (exact) mass is 362 g/mol. The van der Waals surface area contributed by atoms with Gasteiger partial charge in [-0.3, -0.25) is 4.79 Å². The number of ether oxygens (including phenoxy) is 1. The Morgan fingerprint density at radius 2 is 1.56 bits per heavy atom. The highest BCUT2D eigenvalue weighted by Crippen LogP contribution is 2.32. The highest BCUT2D eigenvalue weighted by Gasteiger charge is 2.21. The molecule has 0 saturated carbocycles. The van der Waals surface area contributed by atoms with Crippen LogP contribution in [-0.2, 0) is 14.9 Å². The Hall–Kier alpha value is -2.35. The first-order valence-electron chi connectivity index (χ1n) is 10.1. The summed E-state index contributed by atoms with van der Waals surface area (Å²) >= 11 is 0. The Kier molecular flexibility index (Phi) is 6.15. The summed E-state index contributed by atoms with van der Waals surface area (Å²) in [7, 11) is 0. The van der Waals surface area contributed by atoms with Crippen LogP contribution in [0.4, 0.5) is 0 Å². The van der Waals surface area contributed by atoms with Crippen LogP contribution >= 0.6 is 0 Å². The molecule has 2 heteroatoms. The van der Waals surface area contributed by atoms with E-state index in [1.165, 1.54) is 27.1 Å². The number of rotatable bonds is 8. The van der Waals surface area contributed by atoms with Gasteiger partial charge in [0.15, 0.2) is 0 Å². The third kappa shape index (κ3) is 4.88. The van der Waals surface area contributed by atoms with Crippen molar-refractivity contribution in [3.8, 4) is 0 Å².